The van der Waals surface area contributed by atoms with Crippen LogP contribution in [-0.2, 0) is 9.59 Å². The Morgan fingerprint density at radius 2 is 2.04 bits per heavy atom. The second kappa shape index (κ2) is 8.51. The summed E-state index contributed by atoms with van der Waals surface area (Å²) in [6.45, 7) is 5.95. The first-order chi connectivity index (χ1) is 11.1. The van der Waals surface area contributed by atoms with Gasteiger partial charge in [0.05, 0.1) is 0 Å². The summed E-state index contributed by atoms with van der Waals surface area (Å²) < 4.78 is 0. The highest BCUT2D eigenvalue weighted by Gasteiger charge is 2.23. The highest BCUT2D eigenvalue weighted by molar-refractivity contribution is 5.91. The maximum absolute atomic E-state index is 12.3. The number of likely N-dealkylation sites (tertiary alicyclic amines) is 1. The van der Waals surface area contributed by atoms with E-state index < -0.39 is 0 Å². The number of nitrogens with one attached hydrogen (secondary N) is 1. The quantitative estimate of drug-likeness (QED) is 0.850. The minimum Gasteiger partial charge on any atom is -0.356 e. The van der Waals surface area contributed by atoms with Crippen LogP contribution in [0.15, 0.2) is 36.4 Å². The molecule has 2 rings (SSSR count). The van der Waals surface area contributed by atoms with Gasteiger partial charge in [-0.05, 0) is 30.4 Å². The monoisotopic (exact) mass is 314 g/mol. The molecular formula is C19H26N2O2. The zero-order valence-corrected chi connectivity index (χ0v) is 14.0. The van der Waals surface area contributed by atoms with Gasteiger partial charge in [0.25, 0.3) is 0 Å². The highest BCUT2D eigenvalue weighted by atomic mass is 16.2. The largest absolute Gasteiger partial charge is 0.356 e. The van der Waals surface area contributed by atoms with Crippen molar-refractivity contribution < 1.29 is 9.59 Å². The molecule has 4 heteroatoms. The molecule has 124 valence electrons. The molecule has 1 aliphatic heterocycles. The Bertz CT molecular complexity index is 552. The van der Waals surface area contributed by atoms with Gasteiger partial charge in [-0.3, -0.25) is 9.59 Å². The van der Waals surface area contributed by atoms with E-state index >= 15 is 0 Å². The van der Waals surface area contributed by atoms with Crippen LogP contribution < -0.4 is 5.32 Å². The Hall–Kier alpha value is -2.10. The molecular weight excluding hydrogens is 288 g/mol. The van der Waals surface area contributed by atoms with Crippen LogP contribution in [0.25, 0.3) is 6.08 Å². The van der Waals surface area contributed by atoms with Gasteiger partial charge in [-0.15, -0.1) is 0 Å². The molecule has 1 atom stereocenters. The maximum atomic E-state index is 12.3. The Balaban J connectivity index is 1.84. The van der Waals surface area contributed by atoms with E-state index in [0.29, 0.717) is 12.5 Å². The molecule has 0 radical (unpaired) electrons. The van der Waals surface area contributed by atoms with Crippen LogP contribution in [0.3, 0.4) is 0 Å². The van der Waals surface area contributed by atoms with Gasteiger partial charge in [0.15, 0.2) is 0 Å². The van der Waals surface area contributed by atoms with Gasteiger partial charge < -0.3 is 10.2 Å². The maximum Gasteiger partial charge on any atom is 0.246 e. The van der Waals surface area contributed by atoms with E-state index in [0.717, 1.165) is 31.5 Å². The summed E-state index contributed by atoms with van der Waals surface area (Å²) in [6, 6.07) is 9.82. The number of benzene rings is 1. The number of nitrogens with zero attached hydrogens (tertiary/aromatic N) is 1. The van der Waals surface area contributed by atoms with E-state index in [2.05, 4.69) is 5.32 Å². The smallest absolute Gasteiger partial charge is 0.246 e. The van der Waals surface area contributed by atoms with Crippen molar-refractivity contribution >= 4 is 17.9 Å². The number of hydrogen-bond donors (Lipinski definition) is 1. The summed E-state index contributed by atoms with van der Waals surface area (Å²) >= 11 is 0. The molecule has 0 aromatic heterocycles. The molecule has 23 heavy (non-hydrogen) atoms. The third kappa shape index (κ3) is 5.55. The lowest BCUT2D eigenvalue weighted by Crippen LogP contribution is -2.43. The Kier molecular flexibility index (Phi) is 6.39. The number of carbonyl (C=O) groups is 2. The molecule has 0 unspecified atom stereocenters. The van der Waals surface area contributed by atoms with Crippen molar-refractivity contribution in [2.75, 3.05) is 19.6 Å². The number of hydrogen-bond acceptors (Lipinski definition) is 2. The third-order valence-electron chi connectivity index (χ3n) is 4.14. The highest BCUT2D eigenvalue weighted by Crippen LogP contribution is 2.16. The van der Waals surface area contributed by atoms with E-state index in [1.54, 1.807) is 6.08 Å². The van der Waals surface area contributed by atoms with Crippen molar-refractivity contribution in [2.45, 2.75) is 26.7 Å². The van der Waals surface area contributed by atoms with Gasteiger partial charge in [-0.1, -0.05) is 44.2 Å². The van der Waals surface area contributed by atoms with E-state index in [-0.39, 0.29) is 17.7 Å². The second-order valence-electron chi connectivity index (χ2n) is 6.44. The first-order valence-corrected chi connectivity index (χ1v) is 8.36. The first-order valence-electron chi connectivity index (χ1n) is 8.36. The molecule has 0 bridgehead atoms. The van der Waals surface area contributed by atoms with Gasteiger partial charge in [-0.2, -0.15) is 0 Å². The summed E-state index contributed by atoms with van der Waals surface area (Å²) in [5.41, 5.74) is 1.03. The fourth-order valence-electron chi connectivity index (χ4n) is 2.72. The van der Waals surface area contributed by atoms with Crippen molar-refractivity contribution in [1.82, 2.24) is 10.2 Å². The second-order valence-corrected chi connectivity index (χ2v) is 6.44. The molecule has 1 N–H and O–H groups in total. The van der Waals surface area contributed by atoms with Gasteiger partial charge in [-0.25, -0.2) is 0 Å². The Morgan fingerprint density at radius 1 is 1.30 bits per heavy atom. The van der Waals surface area contributed by atoms with Crippen molar-refractivity contribution in [3.63, 3.8) is 0 Å². The van der Waals surface area contributed by atoms with E-state index in [1.165, 1.54) is 0 Å². The number of amides is 2. The lowest BCUT2D eigenvalue weighted by atomic mass is 9.97. The fraction of sp³-hybridized carbons (Fsp3) is 0.474. The Morgan fingerprint density at radius 3 is 2.74 bits per heavy atom. The van der Waals surface area contributed by atoms with E-state index in [1.807, 2.05) is 55.2 Å². The molecule has 1 heterocycles. The van der Waals surface area contributed by atoms with Crippen LogP contribution in [0.4, 0.5) is 0 Å². The molecule has 0 saturated carbocycles. The van der Waals surface area contributed by atoms with Gasteiger partial charge in [0.2, 0.25) is 11.8 Å². The predicted molar refractivity (Wildman–Crippen MR) is 92.6 cm³/mol. The van der Waals surface area contributed by atoms with E-state index in [9.17, 15) is 9.59 Å². The fourth-order valence-corrected chi connectivity index (χ4v) is 2.72. The van der Waals surface area contributed by atoms with Crippen molar-refractivity contribution in [3.05, 3.63) is 42.0 Å². The summed E-state index contributed by atoms with van der Waals surface area (Å²) in [6.07, 6.45) is 5.55. The molecule has 1 fully saturated rings. The molecule has 1 aliphatic rings. The summed E-state index contributed by atoms with van der Waals surface area (Å²) in [5, 5.41) is 2.97. The van der Waals surface area contributed by atoms with Gasteiger partial charge in [0, 0.05) is 31.6 Å². The minimum absolute atomic E-state index is 0.00475. The Labute approximate surface area is 138 Å². The van der Waals surface area contributed by atoms with Crippen LogP contribution in [0.5, 0.6) is 0 Å². The first kappa shape index (κ1) is 17.3. The molecule has 1 aromatic rings. The van der Waals surface area contributed by atoms with Crippen LogP contribution in [-0.4, -0.2) is 36.3 Å². The lowest BCUT2D eigenvalue weighted by Gasteiger charge is -2.32. The standard InChI is InChI=1S/C19H26N2O2/c1-15(2)19(23)20-13-17-9-6-12-21(14-17)18(22)11-10-16-7-4-3-5-8-16/h3-5,7-8,10-11,15,17H,6,9,12-14H2,1-2H3,(H,20,23)/b11-10-/t17-/m0/s1. The van der Waals surface area contributed by atoms with Crippen molar-refractivity contribution in [1.29, 1.82) is 0 Å². The molecule has 0 spiro atoms. The average molecular weight is 314 g/mol. The molecule has 4 nitrogen and oxygen atoms in total. The number of rotatable bonds is 5. The third-order valence-corrected chi connectivity index (χ3v) is 4.14. The van der Waals surface area contributed by atoms with Crippen LogP contribution >= 0.6 is 0 Å². The normalized spacial score (nSPS) is 18.4. The minimum atomic E-state index is 0.00475. The molecule has 0 aliphatic carbocycles. The summed E-state index contributed by atoms with van der Waals surface area (Å²) in [4.78, 5) is 25.9. The van der Waals surface area contributed by atoms with Crippen LogP contribution in [0.1, 0.15) is 32.3 Å². The molecule has 1 aromatic carbocycles. The van der Waals surface area contributed by atoms with Crippen LogP contribution in [0.2, 0.25) is 0 Å². The number of piperidine rings is 1. The van der Waals surface area contributed by atoms with Gasteiger partial charge in [0.1, 0.15) is 0 Å². The van der Waals surface area contributed by atoms with Gasteiger partial charge >= 0.3 is 0 Å². The van der Waals surface area contributed by atoms with E-state index in [4.69, 9.17) is 0 Å². The number of carbonyl (C=O) groups excluding carboxylic acids is 2. The zero-order valence-electron chi connectivity index (χ0n) is 14.0. The SMILES string of the molecule is CC(C)C(=O)NC[C@@H]1CCCN(C(=O)/C=C\c2ccccc2)C1. The molecule has 1 saturated heterocycles. The molecule has 2 amide bonds. The van der Waals surface area contributed by atoms with Crippen LogP contribution in [0, 0.1) is 11.8 Å². The topological polar surface area (TPSA) is 49.4 Å². The average Bonchev–Trinajstić information content (AvgIpc) is 2.58. The summed E-state index contributed by atoms with van der Waals surface area (Å²) in [7, 11) is 0. The predicted octanol–water partition coefficient (Wildman–Crippen LogP) is 2.71. The zero-order chi connectivity index (χ0) is 16.7. The van der Waals surface area contributed by atoms with Crippen molar-refractivity contribution in [2.24, 2.45) is 11.8 Å². The summed E-state index contributed by atoms with van der Waals surface area (Å²) in [5.74, 6) is 0.483. The van der Waals surface area contributed by atoms with Crippen molar-refractivity contribution in [3.8, 4) is 0 Å². The lowest BCUT2D eigenvalue weighted by molar-refractivity contribution is -0.127.